The predicted molar refractivity (Wildman–Crippen MR) is 124 cm³/mol. The number of ether oxygens (including phenoxy) is 1. The second-order valence-corrected chi connectivity index (χ2v) is 9.60. The Morgan fingerprint density at radius 1 is 1.31 bits per heavy atom. The summed E-state index contributed by atoms with van der Waals surface area (Å²) in [7, 11) is 0. The number of aryl methyl sites for hydroxylation is 1. The van der Waals surface area contributed by atoms with E-state index in [1.807, 2.05) is 0 Å². The first-order valence-electron chi connectivity index (χ1n) is 11.7. The highest BCUT2D eigenvalue weighted by atomic mass is 19.1. The average molecular weight is 477 g/mol. The smallest absolute Gasteiger partial charge is 0.343 e. The minimum Gasteiger partial charge on any atom is -0.458 e. The normalized spacial score (nSPS) is 21.9. The summed E-state index contributed by atoms with van der Waals surface area (Å²) in [5, 5.41) is 14.8. The van der Waals surface area contributed by atoms with Crippen LogP contribution in [0, 0.1) is 12.7 Å². The fourth-order valence-electron chi connectivity index (χ4n) is 5.97. The zero-order valence-corrected chi connectivity index (χ0v) is 19.6. The molecule has 0 saturated carbocycles. The number of pyridine rings is 2. The number of fused-ring (bicyclic) bond motifs is 5. The number of carbonyl (C=O) groups is 2. The standard InChI is InChI=1S/C26H24FN3O5/c1-4-26(34)16-7-20-23-14(9-30(20)24(32)15(16)10-35-25(26)33)13-5-6-18(28-12(3)31)21-11(2)17(27)8-19(29-23)22(13)21/h7-8,18,34H,4-6,9-10H2,1-3H3,(H,28,31)/t18?,26-/m0/s1. The molecule has 3 aromatic rings. The molecule has 0 fully saturated rings. The van der Waals surface area contributed by atoms with Gasteiger partial charge in [0, 0.05) is 29.5 Å². The third-order valence-electron chi connectivity index (χ3n) is 7.75. The highest BCUT2D eigenvalue weighted by Crippen LogP contribution is 2.45. The Morgan fingerprint density at radius 3 is 2.80 bits per heavy atom. The number of benzene rings is 1. The number of aromatic nitrogens is 2. The predicted octanol–water partition coefficient (Wildman–Crippen LogP) is 2.65. The minimum atomic E-state index is -1.90. The maximum Gasteiger partial charge on any atom is 0.343 e. The van der Waals surface area contributed by atoms with Crippen molar-refractivity contribution in [2.45, 2.75) is 64.8 Å². The molecule has 1 aromatic carbocycles. The van der Waals surface area contributed by atoms with E-state index in [9.17, 15) is 23.9 Å². The summed E-state index contributed by atoms with van der Waals surface area (Å²) >= 11 is 0. The minimum absolute atomic E-state index is 0.0589. The van der Waals surface area contributed by atoms with Crippen LogP contribution in [0.25, 0.3) is 22.3 Å². The van der Waals surface area contributed by atoms with Gasteiger partial charge in [-0.25, -0.2) is 14.2 Å². The van der Waals surface area contributed by atoms with Gasteiger partial charge in [0.15, 0.2) is 5.60 Å². The summed E-state index contributed by atoms with van der Waals surface area (Å²) in [6.45, 7) is 4.90. The van der Waals surface area contributed by atoms with Gasteiger partial charge in [0.1, 0.15) is 12.4 Å². The van der Waals surface area contributed by atoms with Crippen molar-refractivity contribution < 1.29 is 23.8 Å². The number of nitrogens with one attached hydrogen (secondary N) is 1. The quantitative estimate of drug-likeness (QED) is 0.430. The third kappa shape index (κ3) is 2.81. The van der Waals surface area contributed by atoms with Crippen molar-refractivity contribution in [1.29, 1.82) is 0 Å². The lowest BCUT2D eigenvalue weighted by molar-refractivity contribution is -0.172. The molecule has 6 rings (SSSR count). The summed E-state index contributed by atoms with van der Waals surface area (Å²) in [6, 6.07) is 2.74. The number of cyclic esters (lactones) is 1. The van der Waals surface area contributed by atoms with Crippen molar-refractivity contribution in [3.05, 3.63) is 61.7 Å². The lowest BCUT2D eigenvalue weighted by Crippen LogP contribution is -2.44. The lowest BCUT2D eigenvalue weighted by atomic mass is 9.81. The van der Waals surface area contributed by atoms with E-state index in [1.54, 1.807) is 24.5 Å². The topological polar surface area (TPSA) is 111 Å². The van der Waals surface area contributed by atoms with Gasteiger partial charge in [0.05, 0.1) is 35.1 Å². The van der Waals surface area contributed by atoms with Gasteiger partial charge in [-0.2, -0.15) is 0 Å². The number of rotatable bonds is 2. The summed E-state index contributed by atoms with van der Waals surface area (Å²) in [5.41, 5.74) is 2.84. The van der Waals surface area contributed by atoms with Crippen LogP contribution in [-0.2, 0) is 39.5 Å². The van der Waals surface area contributed by atoms with Crippen LogP contribution < -0.4 is 10.9 Å². The molecule has 8 nitrogen and oxygen atoms in total. The van der Waals surface area contributed by atoms with Gasteiger partial charge < -0.3 is 19.7 Å². The second kappa shape index (κ2) is 7.21. The lowest BCUT2D eigenvalue weighted by Gasteiger charge is -2.31. The molecule has 2 atom stereocenters. The summed E-state index contributed by atoms with van der Waals surface area (Å²) in [4.78, 5) is 42.5. The van der Waals surface area contributed by atoms with Crippen molar-refractivity contribution in [3.8, 4) is 11.4 Å². The monoisotopic (exact) mass is 477 g/mol. The van der Waals surface area contributed by atoms with E-state index < -0.39 is 17.4 Å². The van der Waals surface area contributed by atoms with Crippen LogP contribution in [0.2, 0.25) is 0 Å². The molecule has 2 aliphatic heterocycles. The van der Waals surface area contributed by atoms with Gasteiger partial charge in [-0.15, -0.1) is 0 Å². The van der Waals surface area contributed by atoms with Gasteiger partial charge in [-0.3, -0.25) is 9.59 Å². The van der Waals surface area contributed by atoms with Gasteiger partial charge in [0.25, 0.3) is 5.56 Å². The fourth-order valence-corrected chi connectivity index (χ4v) is 5.97. The zero-order chi connectivity index (χ0) is 24.8. The number of esters is 1. The van der Waals surface area contributed by atoms with Crippen LogP contribution in [0.3, 0.4) is 0 Å². The zero-order valence-electron chi connectivity index (χ0n) is 19.6. The number of hydrogen-bond acceptors (Lipinski definition) is 6. The van der Waals surface area contributed by atoms with Crippen molar-refractivity contribution >= 4 is 22.8 Å². The average Bonchev–Trinajstić information content (AvgIpc) is 3.19. The molecule has 35 heavy (non-hydrogen) atoms. The molecular formula is C26H24FN3O5. The molecule has 0 bridgehead atoms. The number of aliphatic hydroxyl groups is 1. The van der Waals surface area contributed by atoms with Crippen LogP contribution in [-0.4, -0.2) is 26.5 Å². The van der Waals surface area contributed by atoms with Crippen LogP contribution >= 0.6 is 0 Å². The molecule has 3 aliphatic rings. The maximum absolute atomic E-state index is 15.0. The van der Waals surface area contributed by atoms with Gasteiger partial charge in [-0.05, 0) is 48.9 Å². The van der Waals surface area contributed by atoms with Crippen molar-refractivity contribution in [2.24, 2.45) is 0 Å². The van der Waals surface area contributed by atoms with Crippen LogP contribution in [0.15, 0.2) is 16.9 Å². The van der Waals surface area contributed by atoms with Gasteiger partial charge >= 0.3 is 5.97 Å². The largest absolute Gasteiger partial charge is 0.458 e. The highest BCUT2D eigenvalue weighted by molar-refractivity contribution is 5.93. The summed E-state index contributed by atoms with van der Waals surface area (Å²) in [6.07, 6.45) is 1.29. The Labute approximate surface area is 199 Å². The van der Waals surface area contributed by atoms with Crippen LogP contribution in [0.4, 0.5) is 4.39 Å². The molecule has 0 radical (unpaired) electrons. The number of nitrogens with zero attached hydrogens (tertiary/aromatic N) is 2. The van der Waals surface area contributed by atoms with Gasteiger partial charge in [0.2, 0.25) is 5.91 Å². The van der Waals surface area contributed by atoms with E-state index in [0.717, 1.165) is 22.1 Å². The molecule has 0 saturated heterocycles. The van der Waals surface area contributed by atoms with E-state index in [1.165, 1.54) is 13.0 Å². The number of hydrogen-bond donors (Lipinski definition) is 2. The first kappa shape index (κ1) is 21.9. The highest BCUT2D eigenvalue weighted by Gasteiger charge is 2.45. The SMILES string of the molecule is CC[C@@]1(O)C(=O)OCc2c1cc1n(c2=O)Cc2c-1nc1cc(F)c(C)c3c1c2CCC3NC(C)=O. The van der Waals surface area contributed by atoms with E-state index >= 15 is 0 Å². The first-order valence-corrected chi connectivity index (χ1v) is 11.7. The summed E-state index contributed by atoms with van der Waals surface area (Å²) < 4.78 is 21.7. The molecule has 2 aromatic heterocycles. The molecule has 1 unspecified atom stereocenters. The molecular weight excluding hydrogens is 453 g/mol. The first-order chi connectivity index (χ1) is 16.7. The Balaban J connectivity index is 1.64. The molecule has 1 aliphatic carbocycles. The number of halogens is 1. The third-order valence-corrected chi connectivity index (χ3v) is 7.75. The maximum atomic E-state index is 15.0. The van der Waals surface area contributed by atoms with Crippen LogP contribution in [0.5, 0.6) is 0 Å². The molecule has 0 spiro atoms. The molecule has 9 heteroatoms. The van der Waals surface area contributed by atoms with E-state index in [0.29, 0.717) is 35.3 Å². The number of carbonyl (C=O) groups excluding carboxylic acids is 2. The second-order valence-electron chi connectivity index (χ2n) is 9.60. The molecule has 180 valence electrons. The van der Waals surface area contributed by atoms with E-state index in [2.05, 4.69) is 5.32 Å². The molecule has 4 heterocycles. The Kier molecular flexibility index (Phi) is 4.51. The van der Waals surface area contributed by atoms with Crippen LogP contribution in [0.1, 0.15) is 66.1 Å². The van der Waals surface area contributed by atoms with Crippen molar-refractivity contribution in [1.82, 2.24) is 14.9 Å². The van der Waals surface area contributed by atoms with Gasteiger partial charge in [-0.1, -0.05) is 6.92 Å². The van der Waals surface area contributed by atoms with E-state index in [-0.39, 0.29) is 48.2 Å². The fraction of sp³-hybridized carbons (Fsp3) is 0.385. The summed E-state index contributed by atoms with van der Waals surface area (Å²) in [5.74, 6) is -1.37. The van der Waals surface area contributed by atoms with E-state index in [4.69, 9.17) is 9.72 Å². The Morgan fingerprint density at radius 2 is 2.09 bits per heavy atom. The Bertz CT molecular complexity index is 1560. The Hall–Kier alpha value is -3.59. The number of amides is 1. The molecule has 2 N–H and O–H groups in total. The van der Waals surface area contributed by atoms with Crippen molar-refractivity contribution in [2.75, 3.05) is 0 Å². The van der Waals surface area contributed by atoms with Crippen molar-refractivity contribution in [3.63, 3.8) is 0 Å². The molecule has 1 amide bonds.